The van der Waals surface area contributed by atoms with E-state index in [4.69, 9.17) is 4.74 Å². The fraction of sp³-hybridized carbons (Fsp3) is 0.318. The van der Waals surface area contributed by atoms with Crippen molar-refractivity contribution >= 4 is 23.4 Å². The smallest absolute Gasteiger partial charge is 0.237 e. The largest absolute Gasteiger partial charge is 0.497 e. The molecule has 2 aromatic carbocycles. The summed E-state index contributed by atoms with van der Waals surface area (Å²) in [5.74, 6) is 1.48. The predicted molar refractivity (Wildman–Crippen MR) is 118 cm³/mol. The van der Waals surface area contributed by atoms with E-state index in [-0.39, 0.29) is 17.2 Å². The number of ether oxygens (including phenoxy) is 1. The number of anilines is 1. The van der Waals surface area contributed by atoms with Crippen molar-refractivity contribution in [2.75, 3.05) is 12.4 Å². The molecule has 0 fully saturated rings. The van der Waals surface area contributed by atoms with Crippen LogP contribution in [0.2, 0.25) is 0 Å². The molecule has 0 unspecified atom stereocenters. The summed E-state index contributed by atoms with van der Waals surface area (Å²) in [6, 6.07) is 15.6. The Morgan fingerprint density at radius 3 is 2.45 bits per heavy atom. The molecular weight excluding hydrogens is 384 g/mol. The third-order valence-corrected chi connectivity index (χ3v) is 5.52. The summed E-state index contributed by atoms with van der Waals surface area (Å²) in [5.41, 5.74) is 2.92. The molecule has 0 radical (unpaired) electrons. The maximum Gasteiger partial charge on any atom is 0.237 e. The Balaban J connectivity index is 1.77. The lowest BCUT2D eigenvalue weighted by Gasteiger charge is -2.16. The molecule has 1 atom stereocenters. The first kappa shape index (κ1) is 20.9. The number of carbonyl (C=O) groups excluding carboxylic acids is 1. The first-order chi connectivity index (χ1) is 13.9. The van der Waals surface area contributed by atoms with Crippen molar-refractivity contribution in [3.8, 4) is 17.1 Å². The van der Waals surface area contributed by atoms with Crippen LogP contribution in [-0.2, 0) is 4.79 Å². The van der Waals surface area contributed by atoms with Gasteiger partial charge in [0.1, 0.15) is 5.75 Å². The van der Waals surface area contributed by atoms with E-state index < -0.39 is 0 Å². The summed E-state index contributed by atoms with van der Waals surface area (Å²) in [7, 11) is 1.61. The van der Waals surface area contributed by atoms with Gasteiger partial charge < -0.3 is 10.1 Å². The molecule has 7 heteroatoms. The lowest BCUT2D eigenvalue weighted by atomic mass is 10.1. The van der Waals surface area contributed by atoms with Crippen LogP contribution < -0.4 is 10.1 Å². The number of methoxy groups -OCH3 is 1. The van der Waals surface area contributed by atoms with Gasteiger partial charge in [-0.25, -0.2) is 0 Å². The van der Waals surface area contributed by atoms with Gasteiger partial charge in [-0.05, 0) is 58.0 Å². The quantitative estimate of drug-likeness (QED) is 0.558. The van der Waals surface area contributed by atoms with Crippen LogP contribution in [0, 0.1) is 6.92 Å². The van der Waals surface area contributed by atoms with E-state index in [1.807, 2.05) is 43.3 Å². The topological polar surface area (TPSA) is 69.0 Å². The van der Waals surface area contributed by atoms with E-state index in [2.05, 4.69) is 53.0 Å². The highest BCUT2D eigenvalue weighted by Crippen LogP contribution is 2.30. The molecule has 1 aromatic heterocycles. The van der Waals surface area contributed by atoms with E-state index in [0.29, 0.717) is 0 Å². The number of hydrogen-bond donors (Lipinski definition) is 1. The van der Waals surface area contributed by atoms with Crippen LogP contribution in [0.15, 0.2) is 53.7 Å². The highest BCUT2D eigenvalue weighted by Gasteiger charge is 2.22. The number of nitrogens with zero attached hydrogens (tertiary/aromatic N) is 3. The molecular formula is C22H26N4O2S. The van der Waals surface area contributed by atoms with Crippen LogP contribution >= 0.6 is 11.8 Å². The molecule has 1 amide bonds. The molecule has 3 aromatic rings. The van der Waals surface area contributed by atoms with Crippen LogP contribution in [0.25, 0.3) is 11.4 Å². The highest BCUT2D eigenvalue weighted by atomic mass is 32.2. The molecule has 29 heavy (non-hydrogen) atoms. The molecule has 0 aliphatic heterocycles. The molecule has 6 nitrogen and oxygen atoms in total. The number of amides is 1. The van der Waals surface area contributed by atoms with Crippen molar-refractivity contribution in [2.45, 2.75) is 44.1 Å². The SMILES string of the molecule is COc1ccc(NC(=O)[C@@H](C)Sc2nnc(-c3cccc(C)c3)n2C(C)C)cc1. The van der Waals surface area contributed by atoms with Crippen molar-refractivity contribution in [2.24, 2.45) is 0 Å². The van der Waals surface area contributed by atoms with Crippen LogP contribution in [-0.4, -0.2) is 33.0 Å². The fourth-order valence-electron chi connectivity index (χ4n) is 2.93. The number of carbonyl (C=O) groups is 1. The van der Waals surface area contributed by atoms with Crippen LogP contribution in [0.5, 0.6) is 5.75 Å². The number of benzene rings is 2. The normalized spacial score (nSPS) is 12.1. The minimum absolute atomic E-state index is 0.0874. The van der Waals surface area contributed by atoms with Crippen molar-refractivity contribution in [3.05, 3.63) is 54.1 Å². The first-order valence-electron chi connectivity index (χ1n) is 9.52. The number of rotatable bonds is 7. The molecule has 0 aliphatic rings. The van der Waals surface area contributed by atoms with E-state index in [1.165, 1.54) is 17.3 Å². The number of hydrogen-bond acceptors (Lipinski definition) is 5. The average Bonchev–Trinajstić information content (AvgIpc) is 3.12. The van der Waals surface area contributed by atoms with Crippen LogP contribution in [0.4, 0.5) is 5.69 Å². The minimum Gasteiger partial charge on any atom is -0.497 e. The van der Waals surface area contributed by atoms with Gasteiger partial charge in [0.05, 0.1) is 12.4 Å². The number of thioether (sulfide) groups is 1. The average molecular weight is 411 g/mol. The predicted octanol–water partition coefficient (Wildman–Crippen LogP) is 4.96. The Labute approximate surface area is 175 Å². The highest BCUT2D eigenvalue weighted by molar-refractivity contribution is 8.00. The second kappa shape index (κ2) is 9.13. The third-order valence-electron chi connectivity index (χ3n) is 4.47. The van der Waals surface area contributed by atoms with Crippen molar-refractivity contribution in [1.82, 2.24) is 14.8 Å². The zero-order valence-corrected chi connectivity index (χ0v) is 18.2. The zero-order chi connectivity index (χ0) is 21.0. The van der Waals surface area contributed by atoms with Gasteiger partial charge in [0.15, 0.2) is 11.0 Å². The molecule has 0 aliphatic carbocycles. The Bertz CT molecular complexity index is 983. The third kappa shape index (κ3) is 4.98. The maximum atomic E-state index is 12.7. The summed E-state index contributed by atoms with van der Waals surface area (Å²) >= 11 is 1.41. The number of nitrogens with one attached hydrogen (secondary N) is 1. The molecule has 0 saturated carbocycles. The van der Waals surface area contributed by atoms with Crippen molar-refractivity contribution in [3.63, 3.8) is 0 Å². The maximum absolute atomic E-state index is 12.7. The second-order valence-electron chi connectivity index (χ2n) is 7.12. The van der Waals surface area contributed by atoms with Gasteiger partial charge in [-0.15, -0.1) is 10.2 Å². The summed E-state index contributed by atoms with van der Waals surface area (Å²) < 4.78 is 7.23. The fourth-order valence-corrected chi connectivity index (χ4v) is 3.91. The standard InChI is InChI=1S/C22H26N4O2S/c1-14(2)26-20(17-8-6-7-15(3)13-17)24-25-22(26)29-16(4)21(27)23-18-9-11-19(28-5)12-10-18/h6-14,16H,1-5H3,(H,23,27)/t16-/m1/s1. The Kier molecular flexibility index (Phi) is 6.59. The molecule has 0 bridgehead atoms. The van der Waals surface area contributed by atoms with Gasteiger partial charge in [-0.1, -0.05) is 35.5 Å². The summed E-state index contributed by atoms with van der Waals surface area (Å²) in [4.78, 5) is 12.7. The van der Waals surface area contributed by atoms with Gasteiger partial charge in [-0.3, -0.25) is 9.36 Å². The van der Waals surface area contributed by atoms with E-state index in [9.17, 15) is 4.79 Å². The van der Waals surface area contributed by atoms with Gasteiger partial charge in [0.25, 0.3) is 0 Å². The monoisotopic (exact) mass is 410 g/mol. The minimum atomic E-state index is -0.329. The Hall–Kier alpha value is -2.80. The van der Waals surface area contributed by atoms with Crippen molar-refractivity contribution < 1.29 is 9.53 Å². The lowest BCUT2D eigenvalue weighted by molar-refractivity contribution is -0.115. The Morgan fingerprint density at radius 2 is 1.83 bits per heavy atom. The summed E-state index contributed by atoms with van der Waals surface area (Å²) in [6.45, 7) is 8.11. The number of aryl methyl sites for hydroxylation is 1. The van der Waals surface area contributed by atoms with E-state index >= 15 is 0 Å². The number of aromatic nitrogens is 3. The van der Waals surface area contributed by atoms with Crippen molar-refractivity contribution in [1.29, 1.82) is 0 Å². The zero-order valence-electron chi connectivity index (χ0n) is 17.3. The van der Waals surface area contributed by atoms with Gasteiger partial charge in [-0.2, -0.15) is 0 Å². The molecule has 152 valence electrons. The van der Waals surface area contributed by atoms with Gasteiger partial charge in [0, 0.05) is 17.3 Å². The molecule has 1 N–H and O–H groups in total. The molecule has 3 rings (SSSR count). The van der Waals surface area contributed by atoms with Gasteiger partial charge >= 0.3 is 0 Å². The second-order valence-corrected chi connectivity index (χ2v) is 8.43. The first-order valence-corrected chi connectivity index (χ1v) is 10.4. The summed E-state index contributed by atoms with van der Waals surface area (Å²) in [6.07, 6.45) is 0. The Morgan fingerprint density at radius 1 is 1.10 bits per heavy atom. The lowest BCUT2D eigenvalue weighted by Crippen LogP contribution is -2.23. The molecule has 1 heterocycles. The summed E-state index contributed by atoms with van der Waals surface area (Å²) in [5, 5.41) is 12.1. The van der Waals surface area contributed by atoms with E-state index in [1.54, 1.807) is 7.11 Å². The molecule has 0 saturated heterocycles. The van der Waals surface area contributed by atoms with Crippen LogP contribution in [0.3, 0.4) is 0 Å². The molecule has 0 spiro atoms. The van der Waals surface area contributed by atoms with Crippen LogP contribution in [0.1, 0.15) is 32.4 Å². The van der Waals surface area contributed by atoms with E-state index in [0.717, 1.165) is 28.0 Å². The van der Waals surface area contributed by atoms with Gasteiger partial charge in [0.2, 0.25) is 5.91 Å².